The van der Waals surface area contributed by atoms with E-state index in [2.05, 4.69) is 0 Å². The number of hydrogen-bond donors (Lipinski definition) is 0. The second-order valence-corrected chi connectivity index (χ2v) is 10.3. The summed E-state index contributed by atoms with van der Waals surface area (Å²) in [7, 11) is 0. The fraction of sp³-hybridized carbons (Fsp3) is 0.333. The highest BCUT2D eigenvalue weighted by Crippen LogP contribution is 2.37. The maximum absolute atomic E-state index is 13.5. The van der Waals surface area contributed by atoms with Gasteiger partial charge in [-0.05, 0) is 46.8 Å². The third-order valence-electron chi connectivity index (χ3n) is 7.12. The minimum Gasteiger partial charge on any atom is -0.425 e. The summed E-state index contributed by atoms with van der Waals surface area (Å²) in [4.78, 5) is 26.5. The number of halogens is 2. The number of benzene rings is 2. The standard InChI is InChI=1S/C27H26F2NO4S/c28-21-7-3-19(4-8-21)26(20-5-9-22(29)10-6-20)34-27(32)33-24-17-30(13-11-18(24)12-14-30)16-23(31)25-2-1-15-35-25/h1-10,15,18,24,26H,11-14,16-17H2/q+1. The molecule has 3 fully saturated rings. The van der Waals surface area contributed by atoms with Crippen molar-refractivity contribution in [3.63, 3.8) is 0 Å². The molecular weight excluding hydrogens is 472 g/mol. The summed E-state index contributed by atoms with van der Waals surface area (Å²) in [5, 5.41) is 1.90. The van der Waals surface area contributed by atoms with Crippen LogP contribution in [0.4, 0.5) is 13.6 Å². The molecule has 0 saturated carbocycles. The molecule has 8 heteroatoms. The highest BCUT2D eigenvalue weighted by molar-refractivity contribution is 7.12. The first kappa shape index (κ1) is 23.6. The molecule has 2 bridgehead atoms. The van der Waals surface area contributed by atoms with Crippen LogP contribution >= 0.6 is 11.3 Å². The Balaban J connectivity index is 1.29. The molecule has 4 heterocycles. The Morgan fingerprint density at radius 3 is 2.09 bits per heavy atom. The van der Waals surface area contributed by atoms with Gasteiger partial charge in [-0.2, -0.15) is 0 Å². The molecule has 1 unspecified atom stereocenters. The largest absolute Gasteiger partial charge is 0.509 e. The molecule has 3 aliphatic rings. The number of ketones is 1. The van der Waals surface area contributed by atoms with Crippen LogP contribution in [0.5, 0.6) is 0 Å². The van der Waals surface area contributed by atoms with Crippen molar-refractivity contribution in [1.82, 2.24) is 0 Å². The molecule has 2 aromatic carbocycles. The molecule has 5 nitrogen and oxygen atoms in total. The van der Waals surface area contributed by atoms with Gasteiger partial charge in [0.15, 0.2) is 12.2 Å². The normalized spacial score (nSPS) is 23.3. The number of hydrogen-bond acceptors (Lipinski definition) is 5. The molecule has 1 atom stereocenters. The highest BCUT2D eigenvalue weighted by Gasteiger charge is 2.49. The molecule has 3 aliphatic heterocycles. The summed E-state index contributed by atoms with van der Waals surface area (Å²) in [5.74, 6) is -0.469. The Morgan fingerprint density at radius 2 is 1.54 bits per heavy atom. The Kier molecular flexibility index (Phi) is 6.67. The lowest BCUT2D eigenvalue weighted by Gasteiger charge is -2.51. The summed E-state index contributed by atoms with van der Waals surface area (Å²) < 4.78 is 39.1. The van der Waals surface area contributed by atoms with E-state index in [0.29, 0.717) is 28.7 Å². The van der Waals surface area contributed by atoms with Crippen LogP contribution in [0.15, 0.2) is 66.0 Å². The predicted molar refractivity (Wildman–Crippen MR) is 127 cm³/mol. The third-order valence-corrected chi connectivity index (χ3v) is 8.03. The molecule has 182 valence electrons. The van der Waals surface area contributed by atoms with Crippen LogP contribution in [0.2, 0.25) is 0 Å². The van der Waals surface area contributed by atoms with Crippen molar-refractivity contribution >= 4 is 23.3 Å². The number of fused-ring (bicyclic) bond motifs is 3. The zero-order valence-electron chi connectivity index (χ0n) is 19.1. The minimum absolute atomic E-state index is 0.120. The summed E-state index contributed by atoms with van der Waals surface area (Å²) >= 11 is 1.45. The van der Waals surface area contributed by atoms with Gasteiger partial charge in [0.2, 0.25) is 5.78 Å². The van der Waals surface area contributed by atoms with Gasteiger partial charge in [0.25, 0.3) is 0 Å². The van der Waals surface area contributed by atoms with Gasteiger partial charge in [-0.25, -0.2) is 13.6 Å². The van der Waals surface area contributed by atoms with Crippen LogP contribution in [0.3, 0.4) is 0 Å². The Labute approximate surface area is 206 Å². The van der Waals surface area contributed by atoms with Gasteiger partial charge >= 0.3 is 6.16 Å². The van der Waals surface area contributed by atoms with Crippen molar-refractivity contribution in [2.45, 2.75) is 25.0 Å². The Morgan fingerprint density at radius 1 is 0.943 bits per heavy atom. The molecule has 0 amide bonds. The summed E-state index contributed by atoms with van der Waals surface area (Å²) in [6, 6.07) is 15.0. The number of Topliss-reactive ketones (excluding diaryl/α,β-unsaturated/α-hetero) is 1. The van der Waals surface area contributed by atoms with Crippen molar-refractivity contribution in [1.29, 1.82) is 0 Å². The van der Waals surface area contributed by atoms with Crippen molar-refractivity contribution < 1.29 is 32.3 Å². The number of thiophene rings is 1. The van der Waals surface area contributed by atoms with Crippen molar-refractivity contribution in [3.8, 4) is 0 Å². The lowest BCUT2D eigenvalue weighted by atomic mass is 9.83. The average Bonchev–Trinajstić information content (AvgIpc) is 3.40. The third kappa shape index (κ3) is 5.28. The first-order valence-electron chi connectivity index (χ1n) is 11.7. The minimum atomic E-state index is -0.867. The zero-order valence-corrected chi connectivity index (χ0v) is 19.9. The second kappa shape index (κ2) is 9.87. The van der Waals surface area contributed by atoms with E-state index in [1.165, 1.54) is 59.9 Å². The van der Waals surface area contributed by atoms with Crippen molar-refractivity contribution in [2.75, 3.05) is 26.2 Å². The van der Waals surface area contributed by atoms with Gasteiger partial charge in [0.05, 0.1) is 18.0 Å². The molecular formula is C27H26F2NO4S+. The van der Waals surface area contributed by atoms with Crippen LogP contribution in [0.1, 0.15) is 39.7 Å². The molecule has 1 aromatic heterocycles. The smallest absolute Gasteiger partial charge is 0.425 e. The second-order valence-electron chi connectivity index (χ2n) is 9.37. The zero-order chi connectivity index (χ0) is 24.4. The summed E-state index contributed by atoms with van der Waals surface area (Å²) in [6.07, 6.45) is -0.272. The number of ether oxygens (including phenoxy) is 2. The molecule has 6 rings (SSSR count). The van der Waals surface area contributed by atoms with Gasteiger partial charge in [-0.15, -0.1) is 11.3 Å². The maximum Gasteiger partial charge on any atom is 0.509 e. The monoisotopic (exact) mass is 498 g/mol. The van der Waals surface area contributed by atoms with Crippen LogP contribution in [-0.4, -0.2) is 48.7 Å². The quantitative estimate of drug-likeness (QED) is 0.236. The van der Waals surface area contributed by atoms with Crippen molar-refractivity contribution in [3.05, 3.63) is 93.7 Å². The molecule has 0 aliphatic carbocycles. The summed E-state index contributed by atoms with van der Waals surface area (Å²) in [6.45, 7) is 2.76. The van der Waals surface area contributed by atoms with E-state index in [1.54, 1.807) is 0 Å². The van der Waals surface area contributed by atoms with E-state index >= 15 is 0 Å². The first-order valence-corrected chi connectivity index (χ1v) is 12.6. The molecule has 3 aromatic rings. The van der Waals surface area contributed by atoms with Crippen LogP contribution in [0.25, 0.3) is 0 Å². The van der Waals surface area contributed by atoms with E-state index in [4.69, 9.17) is 9.47 Å². The number of carbonyl (C=O) groups is 2. The molecule has 0 N–H and O–H groups in total. The first-order chi connectivity index (χ1) is 16.9. The Bertz CT molecular complexity index is 1130. The van der Waals surface area contributed by atoms with Gasteiger partial charge < -0.3 is 14.0 Å². The van der Waals surface area contributed by atoms with Crippen LogP contribution in [-0.2, 0) is 9.47 Å². The van der Waals surface area contributed by atoms with E-state index < -0.39 is 23.9 Å². The molecule has 3 saturated heterocycles. The number of quaternary nitrogens is 1. The van der Waals surface area contributed by atoms with Gasteiger partial charge in [0, 0.05) is 18.8 Å². The Hall–Kier alpha value is -3.10. The number of rotatable bonds is 7. The van der Waals surface area contributed by atoms with E-state index in [-0.39, 0.29) is 17.8 Å². The molecule has 0 radical (unpaired) electrons. The van der Waals surface area contributed by atoms with E-state index in [9.17, 15) is 18.4 Å². The van der Waals surface area contributed by atoms with Gasteiger partial charge in [0.1, 0.15) is 24.7 Å². The molecule has 35 heavy (non-hydrogen) atoms. The predicted octanol–water partition coefficient (Wildman–Crippen LogP) is 5.76. The fourth-order valence-corrected chi connectivity index (χ4v) is 5.90. The molecule has 0 spiro atoms. The maximum atomic E-state index is 13.5. The van der Waals surface area contributed by atoms with E-state index in [1.807, 2.05) is 17.5 Å². The number of carbonyl (C=O) groups excluding carboxylic acids is 2. The summed E-state index contributed by atoms with van der Waals surface area (Å²) in [5.41, 5.74) is 1.10. The number of piperidine rings is 3. The lowest BCUT2D eigenvalue weighted by molar-refractivity contribution is -0.938. The lowest BCUT2D eigenvalue weighted by Crippen LogP contribution is -2.65. The topological polar surface area (TPSA) is 52.6 Å². The van der Waals surface area contributed by atoms with E-state index in [0.717, 1.165) is 30.8 Å². The van der Waals surface area contributed by atoms with Crippen molar-refractivity contribution in [2.24, 2.45) is 5.92 Å². The SMILES string of the molecule is O=C(OC(c1ccc(F)cc1)c1ccc(F)cc1)OC1C[N+]2(CC(=O)c3cccs3)CCC1CC2. The van der Waals surface area contributed by atoms with Crippen LogP contribution < -0.4 is 0 Å². The fourth-order valence-electron chi connectivity index (χ4n) is 5.25. The average molecular weight is 499 g/mol. The highest BCUT2D eigenvalue weighted by atomic mass is 32.1. The van der Waals surface area contributed by atoms with Gasteiger partial charge in [-0.1, -0.05) is 30.3 Å². The van der Waals surface area contributed by atoms with Crippen LogP contribution in [0, 0.1) is 17.6 Å². The number of nitrogens with zero attached hydrogens (tertiary/aromatic N) is 1. The van der Waals surface area contributed by atoms with Gasteiger partial charge in [-0.3, -0.25) is 4.79 Å².